The molecule has 0 radical (unpaired) electrons. The van der Waals surface area contributed by atoms with Crippen molar-refractivity contribution >= 4 is 16.7 Å². The van der Waals surface area contributed by atoms with Crippen molar-refractivity contribution in [3.63, 3.8) is 0 Å². The van der Waals surface area contributed by atoms with Crippen molar-refractivity contribution < 1.29 is 9.90 Å². The molecule has 0 aliphatic carbocycles. The van der Waals surface area contributed by atoms with Crippen LogP contribution in [-0.2, 0) is 4.79 Å². The number of nitrogens with one attached hydrogen (secondary N) is 1. The van der Waals surface area contributed by atoms with Gasteiger partial charge in [-0.15, -0.1) is 0 Å². The second-order valence-corrected chi connectivity index (χ2v) is 6.54. The number of hydrogen-bond donors (Lipinski definition) is 2. The van der Waals surface area contributed by atoms with Gasteiger partial charge in [0.05, 0.1) is 12.0 Å². The highest BCUT2D eigenvalue weighted by molar-refractivity contribution is 5.86. The third-order valence-corrected chi connectivity index (χ3v) is 4.83. The first kappa shape index (κ1) is 18.2. The quantitative estimate of drug-likeness (QED) is 0.657. The van der Waals surface area contributed by atoms with E-state index in [1.54, 1.807) is 0 Å². The second-order valence-electron chi connectivity index (χ2n) is 6.54. The number of aliphatic hydroxyl groups excluding tert-OH is 1. The van der Waals surface area contributed by atoms with E-state index in [0.717, 1.165) is 28.3 Å². The molecule has 0 aliphatic rings. The number of rotatable bonds is 7. The molecular weight excluding hydrogens is 322 g/mol. The Morgan fingerprint density at radius 3 is 2.42 bits per heavy atom. The van der Waals surface area contributed by atoms with Gasteiger partial charge in [-0.1, -0.05) is 79.7 Å². The minimum atomic E-state index is -0.599. The lowest BCUT2D eigenvalue weighted by Crippen LogP contribution is -2.30. The third kappa shape index (κ3) is 4.12. The Morgan fingerprint density at radius 2 is 1.65 bits per heavy atom. The number of benzene rings is 3. The molecule has 0 bridgehead atoms. The molecular formula is C23H25NO2. The molecule has 1 amide bonds. The van der Waals surface area contributed by atoms with E-state index >= 15 is 0 Å². The van der Waals surface area contributed by atoms with Crippen molar-refractivity contribution in [3.8, 4) is 0 Å². The Bertz CT molecular complexity index is 855. The third-order valence-electron chi connectivity index (χ3n) is 4.83. The van der Waals surface area contributed by atoms with E-state index in [9.17, 15) is 9.90 Å². The fraction of sp³-hybridized carbons (Fsp3) is 0.261. The van der Waals surface area contributed by atoms with E-state index in [2.05, 4.69) is 5.32 Å². The van der Waals surface area contributed by atoms with E-state index < -0.39 is 6.10 Å². The Hall–Kier alpha value is -2.65. The molecule has 3 heteroatoms. The molecule has 2 N–H and O–H groups in total. The van der Waals surface area contributed by atoms with Gasteiger partial charge in [-0.3, -0.25) is 4.79 Å². The minimum Gasteiger partial charge on any atom is -0.388 e. The molecule has 0 spiro atoms. The van der Waals surface area contributed by atoms with Crippen molar-refractivity contribution in [2.45, 2.75) is 31.8 Å². The molecule has 26 heavy (non-hydrogen) atoms. The molecule has 2 atom stereocenters. The number of hydrogen-bond acceptors (Lipinski definition) is 2. The number of aliphatic hydroxyl groups is 1. The second kappa shape index (κ2) is 8.63. The molecule has 0 saturated carbocycles. The Balaban J connectivity index is 1.61. The van der Waals surface area contributed by atoms with Crippen LogP contribution in [0.2, 0.25) is 0 Å². The normalized spacial score (nSPS) is 13.3. The summed E-state index contributed by atoms with van der Waals surface area (Å²) in [4.78, 5) is 12.5. The first-order valence-corrected chi connectivity index (χ1v) is 9.19. The SMILES string of the molecule is CC[C@@H](C(=O)NCC[C@H](O)c1cccc2ccccc12)c1ccccc1. The average molecular weight is 347 g/mol. The highest BCUT2D eigenvalue weighted by Gasteiger charge is 2.18. The molecule has 3 aromatic rings. The maximum absolute atomic E-state index is 12.5. The fourth-order valence-electron chi connectivity index (χ4n) is 3.41. The summed E-state index contributed by atoms with van der Waals surface area (Å²) in [5.74, 6) is -0.130. The van der Waals surface area contributed by atoms with Gasteiger partial charge in [0.1, 0.15) is 0 Å². The first-order chi connectivity index (χ1) is 12.7. The van der Waals surface area contributed by atoms with Crippen LogP contribution in [0.1, 0.15) is 42.9 Å². The lowest BCUT2D eigenvalue weighted by Gasteiger charge is -2.17. The van der Waals surface area contributed by atoms with Crippen LogP contribution in [0.5, 0.6) is 0 Å². The maximum Gasteiger partial charge on any atom is 0.227 e. The summed E-state index contributed by atoms with van der Waals surface area (Å²) in [7, 11) is 0. The van der Waals surface area contributed by atoms with Gasteiger partial charge in [-0.25, -0.2) is 0 Å². The zero-order valence-corrected chi connectivity index (χ0v) is 15.1. The van der Waals surface area contributed by atoms with Crippen LogP contribution < -0.4 is 5.32 Å². The summed E-state index contributed by atoms with van der Waals surface area (Å²) < 4.78 is 0. The Labute approximate surface area is 154 Å². The molecule has 0 saturated heterocycles. The molecule has 0 heterocycles. The smallest absolute Gasteiger partial charge is 0.227 e. The van der Waals surface area contributed by atoms with E-state index in [-0.39, 0.29) is 11.8 Å². The van der Waals surface area contributed by atoms with Gasteiger partial charge in [0.25, 0.3) is 0 Å². The molecule has 0 aliphatic heterocycles. The van der Waals surface area contributed by atoms with E-state index in [1.807, 2.05) is 79.7 Å². The monoisotopic (exact) mass is 347 g/mol. The summed E-state index contributed by atoms with van der Waals surface area (Å²) in [6, 6.07) is 23.8. The Kier molecular flexibility index (Phi) is 6.03. The molecule has 134 valence electrons. The summed E-state index contributed by atoms with van der Waals surface area (Å²) in [6.07, 6.45) is 0.644. The van der Waals surface area contributed by atoms with Crippen LogP contribution in [-0.4, -0.2) is 17.6 Å². The Morgan fingerprint density at radius 1 is 0.962 bits per heavy atom. The van der Waals surface area contributed by atoms with Crippen LogP contribution in [0, 0.1) is 0 Å². The molecule has 0 aromatic heterocycles. The van der Waals surface area contributed by atoms with Crippen molar-refractivity contribution in [2.24, 2.45) is 0 Å². The maximum atomic E-state index is 12.5. The zero-order chi connectivity index (χ0) is 18.4. The summed E-state index contributed by atoms with van der Waals surface area (Å²) in [6.45, 7) is 2.47. The van der Waals surface area contributed by atoms with Gasteiger partial charge < -0.3 is 10.4 Å². The summed E-state index contributed by atoms with van der Waals surface area (Å²) >= 11 is 0. The standard InChI is InChI=1S/C23H25NO2/c1-2-19(17-9-4-3-5-10-17)23(26)24-16-15-22(25)21-14-8-12-18-11-6-7-13-20(18)21/h3-14,19,22,25H,2,15-16H2,1H3,(H,24,26)/t19-,22+/m1/s1. The number of carbonyl (C=O) groups is 1. The van der Waals surface area contributed by atoms with E-state index in [0.29, 0.717) is 13.0 Å². The van der Waals surface area contributed by atoms with Crippen molar-refractivity contribution in [3.05, 3.63) is 83.9 Å². The van der Waals surface area contributed by atoms with Crippen molar-refractivity contribution in [1.82, 2.24) is 5.32 Å². The van der Waals surface area contributed by atoms with Crippen LogP contribution in [0.25, 0.3) is 10.8 Å². The predicted molar refractivity (Wildman–Crippen MR) is 106 cm³/mol. The number of fused-ring (bicyclic) bond motifs is 1. The molecule has 0 fully saturated rings. The van der Waals surface area contributed by atoms with Gasteiger partial charge >= 0.3 is 0 Å². The van der Waals surface area contributed by atoms with E-state index in [1.165, 1.54) is 0 Å². The zero-order valence-electron chi connectivity index (χ0n) is 15.1. The molecule has 3 aromatic carbocycles. The van der Waals surface area contributed by atoms with Gasteiger partial charge in [0.2, 0.25) is 5.91 Å². The van der Waals surface area contributed by atoms with Gasteiger partial charge in [-0.2, -0.15) is 0 Å². The fourth-order valence-corrected chi connectivity index (χ4v) is 3.41. The van der Waals surface area contributed by atoms with Crippen LogP contribution >= 0.6 is 0 Å². The van der Waals surface area contributed by atoms with Crippen LogP contribution in [0.3, 0.4) is 0 Å². The molecule has 3 nitrogen and oxygen atoms in total. The topological polar surface area (TPSA) is 49.3 Å². The van der Waals surface area contributed by atoms with Crippen LogP contribution in [0.15, 0.2) is 72.8 Å². The van der Waals surface area contributed by atoms with Gasteiger partial charge in [-0.05, 0) is 34.7 Å². The number of amides is 1. The summed E-state index contributed by atoms with van der Waals surface area (Å²) in [5, 5.41) is 15.7. The average Bonchev–Trinajstić information content (AvgIpc) is 2.69. The largest absolute Gasteiger partial charge is 0.388 e. The van der Waals surface area contributed by atoms with Crippen molar-refractivity contribution in [1.29, 1.82) is 0 Å². The van der Waals surface area contributed by atoms with Gasteiger partial charge in [0, 0.05) is 6.54 Å². The van der Waals surface area contributed by atoms with E-state index in [4.69, 9.17) is 0 Å². The highest BCUT2D eigenvalue weighted by Crippen LogP contribution is 2.26. The molecule has 0 unspecified atom stereocenters. The molecule has 3 rings (SSSR count). The minimum absolute atomic E-state index is 0.0174. The number of carbonyl (C=O) groups excluding carboxylic acids is 1. The lowest BCUT2D eigenvalue weighted by atomic mass is 9.95. The van der Waals surface area contributed by atoms with Crippen molar-refractivity contribution in [2.75, 3.05) is 6.54 Å². The van der Waals surface area contributed by atoms with Gasteiger partial charge in [0.15, 0.2) is 0 Å². The first-order valence-electron chi connectivity index (χ1n) is 9.19. The lowest BCUT2D eigenvalue weighted by molar-refractivity contribution is -0.122. The highest BCUT2D eigenvalue weighted by atomic mass is 16.3. The predicted octanol–water partition coefficient (Wildman–Crippen LogP) is 4.57. The van der Waals surface area contributed by atoms with Crippen LogP contribution in [0.4, 0.5) is 0 Å². The summed E-state index contributed by atoms with van der Waals surface area (Å²) in [5.41, 5.74) is 1.94.